The van der Waals surface area contributed by atoms with Crippen molar-refractivity contribution in [2.75, 3.05) is 0 Å². The number of benzene rings is 2. The maximum absolute atomic E-state index is 2.39. The molecule has 0 aromatic heterocycles. The summed E-state index contributed by atoms with van der Waals surface area (Å²) in [6.07, 6.45) is 4.45. The van der Waals surface area contributed by atoms with Gasteiger partial charge in [0.05, 0.1) is 0 Å². The number of fused-ring (bicyclic) bond motifs is 3. The maximum atomic E-state index is 2.39. The molecule has 16 heavy (non-hydrogen) atoms. The van der Waals surface area contributed by atoms with Gasteiger partial charge in [-0.1, -0.05) is 0 Å². The van der Waals surface area contributed by atoms with Crippen molar-refractivity contribution in [3.05, 3.63) is 60.2 Å². The van der Waals surface area contributed by atoms with Crippen LogP contribution in [0.25, 0.3) is 17.2 Å². The standard InChI is InChI=1S/C15H11.Sn/c1-2-8-13-11-6-7-12-15(13)14-9-4-3-5-10-14;/h1-9,11-12H;/b8-2-;. The monoisotopic (exact) mass is 311 g/mol. The topological polar surface area (TPSA) is 0 Å². The van der Waals surface area contributed by atoms with Crippen molar-refractivity contribution in [2.45, 2.75) is 0 Å². The molecule has 1 heteroatoms. The first-order chi connectivity index (χ1) is 7.95. The molecule has 0 spiro atoms. The van der Waals surface area contributed by atoms with E-state index in [4.69, 9.17) is 0 Å². The Hall–Kier alpha value is -1.15. The summed E-state index contributed by atoms with van der Waals surface area (Å²) in [5.74, 6) is 0. The zero-order chi connectivity index (χ0) is 10.8. The van der Waals surface area contributed by atoms with E-state index in [2.05, 4.69) is 64.7 Å². The Morgan fingerprint density at radius 1 is 0.750 bits per heavy atom. The molecule has 1 heterocycles. The van der Waals surface area contributed by atoms with Gasteiger partial charge in [0.15, 0.2) is 0 Å². The van der Waals surface area contributed by atoms with Crippen LogP contribution >= 0.6 is 0 Å². The number of hydrogen-bond donors (Lipinski definition) is 0. The molecule has 0 aliphatic carbocycles. The predicted octanol–water partition coefficient (Wildman–Crippen LogP) is 2.51. The van der Waals surface area contributed by atoms with Gasteiger partial charge < -0.3 is 0 Å². The summed E-state index contributed by atoms with van der Waals surface area (Å²) in [4.78, 5) is 0. The third-order valence-corrected chi connectivity index (χ3v) is 5.95. The SMILES string of the molecule is [CH]1=[Sn][c]2ccccc2-c2ccccc2/C=C\1. The van der Waals surface area contributed by atoms with Crippen LogP contribution < -0.4 is 3.58 Å². The van der Waals surface area contributed by atoms with Gasteiger partial charge in [0, 0.05) is 0 Å². The number of allylic oxidation sites excluding steroid dienone is 1. The Morgan fingerprint density at radius 2 is 1.50 bits per heavy atom. The average molecular weight is 310 g/mol. The fourth-order valence-electron chi connectivity index (χ4n) is 2.02. The van der Waals surface area contributed by atoms with Gasteiger partial charge in [-0.05, 0) is 0 Å². The van der Waals surface area contributed by atoms with Gasteiger partial charge in [0.1, 0.15) is 0 Å². The summed E-state index contributed by atoms with van der Waals surface area (Å²) in [5.41, 5.74) is 4.14. The number of rotatable bonds is 0. The van der Waals surface area contributed by atoms with E-state index >= 15 is 0 Å². The van der Waals surface area contributed by atoms with Gasteiger partial charge >= 0.3 is 106 Å². The first kappa shape index (κ1) is 10.0. The van der Waals surface area contributed by atoms with Crippen molar-refractivity contribution in [2.24, 2.45) is 0 Å². The molecule has 0 atom stereocenters. The van der Waals surface area contributed by atoms with Gasteiger partial charge in [0.25, 0.3) is 0 Å². The molecule has 0 N–H and O–H groups in total. The van der Waals surface area contributed by atoms with E-state index in [1.165, 1.54) is 16.7 Å². The molecule has 0 amide bonds. The van der Waals surface area contributed by atoms with Crippen LogP contribution in [0.2, 0.25) is 0 Å². The summed E-state index contributed by atoms with van der Waals surface area (Å²) in [6.45, 7) is 0. The molecule has 1 aliphatic heterocycles. The summed E-state index contributed by atoms with van der Waals surface area (Å²) >= 11 is -0.535. The molecule has 0 fully saturated rings. The molecule has 0 nitrogen and oxygen atoms in total. The summed E-state index contributed by atoms with van der Waals surface area (Å²) in [6, 6.07) is 17.5. The number of hydrogen-bond acceptors (Lipinski definition) is 0. The fourth-order valence-corrected chi connectivity index (χ4v) is 4.70. The van der Waals surface area contributed by atoms with Crippen LogP contribution in [0.5, 0.6) is 0 Å². The molecule has 0 saturated heterocycles. The van der Waals surface area contributed by atoms with Crippen LogP contribution in [0.1, 0.15) is 5.56 Å². The van der Waals surface area contributed by atoms with Gasteiger partial charge in [-0.3, -0.25) is 0 Å². The van der Waals surface area contributed by atoms with Crippen molar-refractivity contribution in [3.63, 3.8) is 0 Å². The average Bonchev–Trinajstić information content (AvgIpc) is 2.33. The summed E-state index contributed by atoms with van der Waals surface area (Å²) < 4.78 is 3.96. The molecule has 0 bridgehead atoms. The summed E-state index contributed by atoms with van der Waals surface area (Å²) in [5, 5.41) is 0. The second kappa shape index (κ2) is 4.38. The predicted molar refractivity (Wildman–Crippen MR) is 72.4 cm³/mol. The van der Waals surface area contributed by atoms with Crippen molar-refractivity contribution >= 4 is 34.3 Å². The Kier molecular flexibility index (Phi) is 2.75. The molecule has 3 rings (SSSR count). The van der Waals surface area contributed by atoms with Gasteiger partial charge in [0.2, 0.25) is 0 Å². The first-order valence-electron chi connectivity index (χ1n) is 5.40. The quantitative estimate of drug-likeness (QED) is 0.656. The molecule has 1 aliphatic rings. The molecule has 2 aromatic rings. The molecular formula is C15H11Sn. The van der Waals surface area contributed by atoms with Crippen LogP contribution in [0.15, 0.2) is 54.6 Å². The van der Waals surface area contributed by atoms with E-state index < -0.39 is 20.7 Å². The zero-order valence-electron chi connectivity index (χ0n) is 8.85. The molecule has 0 unspecified atom stereocenters. The molecule has 1 radical (unpaired) electrons. The molecule has 2 aromatic carbocycles. The third-order valence-electron chi connectivity index (χ3n) is 2.79. The minimum absolute atomic E-state index is 0.535. The van der Waals surface area contributed by atoms with E-state index in [0.717, 1.165) is 0 Å². The van der Waals surface area contributed by atoms with Crippen LogP contribution in [-0.4, -0.2) is 24.7 Å². The van der Waals surface area contributed by atoms with E-state index in [0.29, 0.717) is 0 Å². The summed E-state index contributed by atoms with van der Waals surface area (Å²) in [7, 11) is 0. The van der Waals surface area contributed by atoms with Crippen molar-refractivity contribution in [3.8, 4) is 11.1 Å². The van der Waals surface area contributed by atoms with Crippen LogP contribution in [0, 0.1) is 0 Å². The van der Waals surface area contributed by atoms with Gasteiger partial charge in [-0.15, -0.1) is 0 Å². The van der Waals surface area contributed by atoms with E-state index in [1.807, 2.05) is 0 Å². The van der Waals surface area contributed by atoms with Gasteiger partial charge in [-0.2, -0.15) is 0 Å². The molecule has 75 valence electrons. The Balaban J connectivity index is 2.34. The zero-order valence-corrected chi connectivity index (χ0v) is 11.7. The molecule has 0 saturated carbocycles. The third kappa shape index (κ3) is 1.78. The van der Waals surface area contributed by atoms with Crippen LogP contribution in [0.3, 0.4) is 0 Å². The van der Waals surface area contributed by atoms with Crippen LogP contribution in [-0.2, 0) is 0 Å². The normalized spacial score (nSPS) is 14.5. The second-order valence-electron chi connectivity index (χ2n) is 3.80. The first-order valence-corrected chi connectivity index (χ1v) is 8.47. The second-order valence-corrected chi connectivity index (χ2v) is 7.12. The Morgan fingerprint density at radius 3 is 2.44 bits per heavy atom. The van der Waals surface area contributed by atoms with Crippen LogP contribution in [0.4, 0.5) is 0 Å². The van der Waals surface area contributed by atoms with E-state index in [9.17, 15) is 0 Å². The minimum atomic E-state index is -0.535. The van der Waals surface area contributed by atoms with Crippen molar-refractivity contribution in [1.29, 1.82) is 0 Å². The van der Waals surface area contributed by atoms with E-state index in [1.54, 1.807) is 3.58 Å². The van der Waals surface area contributed by atoms with Gasteiger partial charge in [-0.25, -0.2) is 0 Å². The van der Waals surface area contributed by atoms with Crippen molar-refractivity contribution in [1.82, 2.24) is 0 Å². The molecular weight excluding hydrogens is 299 g/mol. The van der Waals surface area contributed by atoms with Crippen molar-refractivity contribution < 1.29 is 0 Å². The Bertz CT molecular complexity index is 526. The Labute approximate surface area is 105 Å². The van der Waals surface area contributed by atoms with E-state index in [-0.39, 0.29) is 0 Å². The fraction of sp³-hybridized carbons (Fsp3) is 0.